The highest BCUT2D eigenvalue weighted by molar-refractivity contribution is 7.10. The number of rotatable bonds is 4. The normalized spacial score (nSPS) is 46.0. The molecule has 2 N–H and O–H groups in total. The van der Waals surface area contributed by atoms with E-state index < -0.39 is 0 Å². The van der Waals surface area contributed by atoms with Crippen molar-refractivity contribution in [1.82, 2.24) is 5.32 Å². The number of nitrogens with one attached hydrogen (secondary N) is 1. The lowest BCUT2D eigenvalue weighted by Gasteiger charge is -2.65. The second-order valence-electron chi connectivity index (χ2n) is 8.82. The highest BCUT2D eigenvalue weighted by Crippen LogP contribution is 2.66. The third-order valence-electron chi connectivity index (χ3n) is 6.17. The molecular weight excluding hydrogens is 278 g/mol. The summed E-state index contributed by atoms with van der Waals surface area (Å²) in [5, 5.41) is 16.3. The molecule has 5 rings (SSSR count). The molecule has 21 heavy (non-hydrogen) atoms. The van der Waals surface area contributed by atoms with Crippen molar-refractivity contribution in [2.24, 2.45) is 16.7 Å². The molecule has 2 nitrogen and oxygen atoms in total. The molecule has 3 unspecified atom stereocenters. The molecule has 0 radical (unpaired) electrons. The van der Waals surface area contributed by atoms with Gasteiger partial charge in [0.2, 0.25) is 0 Å². The zero-order valence-corrected chi connectivity index (χ0v) is 14.0. The average Bonchev–Trinajstić information content (AvgIpc) is 2.85. The van der Waals surface area contributed by atoms with Gasteiger partial charge < -0.3 is 10.4 Å². The Bertz CT molecular complexity index is 507. The van der Waals surface area contributed by atoms with Crippen molar-refractivity contribution in [2.75, 3.05) is 6.54 Å². The molecule has 4 fully saturated rings. The maximum absolute atomic E-state index is 10.4. The maximum atomic E-state index is 10.4. The topological polar surface area (TPSA) is 32.3 Å². The van der Waals surface area contributed by atoms with E-state index in [1.165, 1.54) is 38.5 Å². The summed E-state index contributed by atoms with van der Waals surface area (Å²) in [6.07, 6.45) is 7.87. The first-order valence-corrected chi connectivity index (χ1v) is 9.24. The molecule has 0 saturated heterocycles. The van der Waals surface area contributed by atoms with Crippen molar-refractivity contribution in [3.05, 3.63) is 22.4 Å². The summed E-state index contributed by atoms with van der Waals surface area (Å²) < 4.78 is 0. The highest BCUT2D eigenvalue weighted by atomic mass is 32.1. The zero-order valence-electron chi connectivity index (χ0n) is 13.2. The summed E-state index contributed by atoms with van der Waals surface area (Å²) in [5.74, 6) is 0.905. The van der Waals surface area contributed by atoms with Gasteiger partial charge in [-0.15, -0.1) is 11.3 Å². The van der Waals surface area contributed by atoms with E-state index in [0.717, 1.165) is 10.8 Å². The molecular formula is C18H27NOS. The van der Waals surface area contributed by atoms with E-state index in [1.54, 1.807) is 11.3 Å². The fourth-order valence-corrected chi connectivity index (χ4v) is 7.25. The quantitative estimate of drug-likeness (QED) is 0.877. The van der Waals surface area contributed by atoms with Crippen LogP contribution >= 0.6 is 11.3 Å². The smallest absolute Gasteiger partial charge is 0.101 e. The standard InChI is InChI=1S/C18H27NOS/c1-16-6-13-7-17(2,10-16)12-18(8-13,11-16)19-9-14(20)15-4-3-5-21-15/h3-5,13-14,19-20H,6-12H2,1-2H3. The van der Waals surface area contributed by atoms with Gasteiger partial charge in [-0.3, -0.25) is 0 Å². The van der Waals surface area contributed by atoms with Crippen LogP contribution in [0.1, 0.15) is 63.4 Å². The second kappa shape index (κ2) is 4.56. The van der Waals surface area contributed by atoms with Gasteiger partial charge in [0.25, 0.3) is 0 Å². The first kappa shape index (κ1) is 14.2. The fraction of sp³-hybridized carbons (Fsp3) is 0.778. The Morgan fingerprint density at radius 2 is 1.95 bits per heavy atom. The van der Waals surface area contributed by atoms with Gasteiger partial charge in [-0.1, -0.05) is 19.9 Å². The van der Waals surface area contributed by atoms with E-state index in [9.17, 15) is 5.11 Å². The van der Waals surface area contributed by atoms with Gasteiger partial charge in [0.1, 0.15) is 6.10 Å². The van der Waals surface area contributed by atoms with Gasteiger partial charge in [-0.2, -0.15) is 0 Å². The second-order valence-corrected chi connectivity index (χ2v) is 9.80. The molecule has 0 spiro atoms. The number of β-amino-alcohol motifs (C(OH)–C–C–N with tert-alkyl or cyclic N) is 1. The predicted octanol–water partition coefficient (Wildman–Crippen LogP) is 4.12. The molecule has 1 aromatic heterocycles. The molecule has 4 saturated carbocycles. The van der Waals surface area contributed by atoms with Crippen LogP contribution in [-0.4, -0.2) is 17.2 Å². The van der Waals surface area contributed by atoms with Crippen molar-refractivity contribution < 1.29 is 5.11 Å². The van der Waals surface area contributed by atoms with Gasteiger partial charge >= 0.3 is 0 Å². The Kier molecular flexibility index (Phi) is 3.09. The van der Waals surface area contributed by atoms with E-state index in [0.29, 0.717) is 22.9 Å². The fourth-order valence-electron chi connectivity index (χ4n) is 6.54. The molecule has 4 aliphatic carbocycles. The lowest BCUT2D eigenvalue weighted by molar-refractivity contribution is -0.119. The third-order valence-corrected chi connectivity index (χ3v) is 7.14. The van der Waals surface area contributed by atoms with Crippen LogP contribution in [0.15, 0.2) is 17.5 Å². The summed E-state index contributed by atoms with van der Waals surface area (Å²) >= 11 is 1.66. The first-order valence-electron chi connectivity index (χ1n) is 8.36. The van der Waals surface area contributed by atoms with Crippen LogP contribution in [-0.2, 0) is 0 Å². The number of thiophene rings is 1. The molecule has 4 bridgehead atoms. The van der Waals surface area contributed by atoms with E-state index in [4.69, 9.17) is 0 Å². The van der Waals surface area contributed by atoms with Gasteiger partial charge in [-0.05, 0) is 66.7 Å². The molecule has 1 aromatic rings. The molecule has 3 atom stereocenters. The van der Waals surface area contributed by atoms with Gasteiger partial charge in [-0.25, -0.2) is 0 Å². The van der Waals surface area contributed by atoms with E-state index in [1.807, 2.05) is 17.5 Å². The minimum atomic E-state index is -0.349. The maximum Gasteiger partial charge on any atom is 0.101 e. The number of hydrogen-bond donors (Lipinski definition) is 2. The Hall–Kier alpha value is -0.380. The van der Waals surface area contributed by atoms with Crippen molar-refractivity contribution in [1.29, 1.82) is 0 Å². The van der Waals surface area contributed by atoms with Crippen LogP contribution in [0.5, 0.6) is 0 Å². The molecule has 116 valence electrons. The van der Waals surface area contributed by atoms with Crippen LogP contribution in [0.3, 0.4) is 0 Å². The van der Waals surface area contributed by atoms with Crippen LogP contribution in [0, 0.1) is 16.7 Å². The molecule has 4 aliphatic rings. The minimum Gasteiger partial charge on any atom is -0.386 e. The summed E-state index contributed by atoms with van der Waals surface area (Å²) in [4.78, 5) is 1.09. The van der Waals surface area contributed by atoms with Crippen molar-refractivity contribution >= 4 is 11.3 Å². The summed E-state index contributed by atoms with van der Waals surface area (Å²) in [6.45, 7) is 5.71. The van der Waals surface area contributed by atoms with Crippen LogP contribution < -0.4 is 5.32 Å². The first-order chi connectivity index (χ1) is 9.90. The third kappa shape index (κ3) is 2.47. The Balaban J connectivity index is 1.50. The lowest BCUT2D eigenvalue weighted by atomic mass is 9.43. The van der Waals surface area contributed by atoms with Crippen molar-refractivity contribution in [3.63, 3.8) is 0 Å². The van der Waals surface area contributed by atoms with Crippen molar-refractivity contribution in [3.8, 4) is 0 Å². The van der Waals surface area contributed by atoms with Gasteiger partial charge in [0.15, 0.2) is 0 Å². The van der Waals surface area contributed by atoms with E-state index in [-0.39, 0.29) is 6.10 Å². The van der Waals surface area contributed by atoms with Crippen molar-refractivity contribution in [2.45, 2.75) is 64.0 Å². The highest BCUT2D eigenvalue weighted by Gasteiger charge is 2.59. The predicted molar refractivity (Wildman–Crippen MR) is 87.4 cm³/mol. The number of hydrogen-bond acceptors (Lipinski definition) is 3. The molecule has 3 heteroatoms. The number of aliphatic hydroxyl groups excluding tert-OH is 1. The van der Waals surface area contributed by atoms with Crippen LogP contribution in [0.25, 0.3) is 0 Å². The van der Waals surface area contributed by atoms with Gasteiger partial charge in [0, 0.05) is 17.0 Å². The SMILES string of the molecule is CC12CC3CC(C)(C1)CC(NCC(O)c1cccs1)(C3)C2. The molecule has 0 aromatic carbocycles. The van der Waals surface area contributed by atoms with Crippen LogP contribution in [0.4, 0.5) is 0 Å². The van der Waals surface area contributed by atoms with Crippen LogP contribution in [0.2, 0.25) is 0 Å². The summed E-state index contributed by atoms with van der Waals surface area (Å²) in [7, 11) is 0. The Morgan fingerprint density at radius 3 is 2.52 bits per heavy atom. The lowest BCUT2D eigenvalue weighted by Crippen LogP contribution is -2.64. The van der Waals surface area contributed by atoms with E-state index in [2.05, 4.69) is 19.2 Å². The molecule has 0 amide bonds. The van der Waals surface area contributed by atoms with E-state index >= 15 is 0 Å². The molecule has 0 aliphatic heterocycles. The average molecular weight is 305 g/mol. The zero-order chi connectivity index (χ0) is 14.7. The van der Waals surface area contributed by atoms with Gasteiger partial charge in [0.05, 0.1) is 0 Å². The number of aliphatic hydroxyl groups is 1. The molecule has 1 heterocycles. The summed E-state index contributed by atoms with van der Waals surface area (Å²) in [6, 6.07) is 4.06. The minimum absolute atomic E-state index is 0.293. The Labute approximate surface area is 132 Å². The summed E-state index contributed by atoms with van der Waals surface area (Å²) in [5.41, 5.74) is 1.37. The Morgan fingerprint density at radius 1 is 1.24 bits per heavy atom. The largest absolute Gasteiger partial charge is 0.386 e. The monoisotopic (exact) mass is 305 g/mol.